The van der Waals surface area contributed by atoms with Crippen molar-refractivity contribution in [2.45, 2.75) is 31.0 Å². The smallest absolute Gasteiger partial charge is 0.213 e. The molecule has 0 saturated heterocycles. The molecule has 0 unspecified atom stereocenters. The Morgan fingerprint density at radius 1 is 1.03 bits per heavy atom. The van der Waals surface area contributed by atoms with Crippen molar-refractivity contribution in [1.29, 1.82) is 0 Å². The molecule has 194 valence electrons. The molecule has 4 aromatic rings. The molecule has 0 amide bonds. The van der Waals surface area contributed by atoms with Gasteiger partial charge >= 0.3 is 0 Å². The molecule has 0 bridgehead atoms. The minimum absolute atomic E-state index is 0.0304. The largest absolute Gasteiger partial charge is 0.481 e. The Kier molecular flexibility index (Phi) is 7.55. The third-order valence-corrected chi connectivity index (χ3v) is 7.73. The maximum atomic E-state index is 14.2. The molecule has 0 aliphatic rings. The summed E-state index contributed by atoms with van der Waals surface area (Å²) in [6.07, 6.45) is 2.19. The SMILES string of the molecule is COc1cccc(-c2nnc(CS(=O)(=O)[C@@H](C)[C@H](OC)c3ncc(C)cn3)n2-c2ccc(F)c(F)c2)n1. The summed E-state index contributed by atoms with van der Waals surface area (Å²) < 4.78 is 66.8. The molecule has 0 N–H and O–H groups in total. The van der Waals surface area contributed by atoms with Crippen LogP contribution in [0, 0.1) is 18.6 Å². The number of benzene rings is 1. The van der Waals surface area contributed by atoms with Crippen molar-refractivity contribution in [1.82, 2.24) is 29.7 Å². The van der Waals surface area contributed by atoms with Crippen molar-refractivity contribution in [2.24, 2.45) is 0 Å². The molecule has 3 heterocycles. The zero-order valence-corrected chi connectivity index (χ0v) is 21.3. The van der Waals surface area contributed by atoms with Crippen molar-refractivity contribution in [2.75, 3.05) is 14.2 Å². The van der Waals surface area contributed by atoms with Crippen molar-refractivity contribution >= 4 is 9.84 Å². The summed E-state index contributed by atoms with van der Waals surface area (Å²) in [5.41, 5.74) is 1.22. The molecule has 37 heavy (non-hydrogen) atoms. The molecule has 0 aliphatic heterocycles. The summed E-state index contributed by atoms with van der Waals surface area (Å²) in [5, 5.41) is 7.13. The van der Waals surface area contributed by atoms with Crippen LogP contribution in [0.25, 0.3) is 17.2 Å². The number of hydrogen-bond acceptors (Lipinski definition) is 9. The Morgan fingerprint density at radius 3 is 2.41 bits per heavy atom. The third kappa shape index (κ3) is 5.47. The van der Waals surface area contributed by atoms with Crippen molar-refractivity contribution in [3.05, 3.63) is 77.6 Å². The lowest BCUT2D eigenvalue weighted by Gasteiger charge is -2.21. The van der Waals surface area contributed by atoms with Crippen LogP contribution >= 0.6 is 0 Å². The fourth-order valence-electron chi connectivity index (χ4n) is 3.68. The van der Waals surface area contributed by atoms with Gasteiger partial charge in [-0.1, -0.05) is 6.07 Å². The maximum Gasteiger partial charge on any atom is 0.213 e. The number of nitrogens with zero attached hydrogens (tertiary/aromatic N) is 6. The van der Waals surface area contributed by atoms with Gasteiger partial charge < -0.3 is 9.47 Å². The van der Waals surface area contributed by atoms with E-state index in [4.69, 9.17) is 9.47 Å². The highest BCUT2D eigenvalue weighted by atomic mass is 32.2. The number of aryl methyl sites for hydroxylation is 1. The van der Waals surface area contributed by atoms with Crippen LogP contribution in [0.5, 0.6) is 5.88 Å². The lowest BCUT2D eigenvalue weighted by atomic mass is 10.2. The molecule has 0 aliphatic carbocycles. The second-order valence-electron chi connectivity index (χ2n) is 8.23. The summed E-state index contributed by atoms with van der Waals surface area (Å²) in [5.74, 6) is -2.18. The minimum Gasteiger partial charge on any atom is -0.481 e. The second kappa shape index (κ2) is 10.6. The molecule has 0 saturated carbocycles. The summed E-state index contributed by atoms with van der Waals surface area (Å²) >= 11 is 0. The quantitative estimate of drug-likeness (QED) is 0.320. The van der Waals surface area contributed by atoms with E-state index in [0.717, 1.165) is 17.7 Å². The fraction of sp³-hybridized carbons (Fsp3) is 0.292. The van der Waals surface area contributed by atoms with E-state index >= 15 is 0 Å². The van der Waals surface area contributed by atoms with Gasteiger partial charge in [-0.3, -0.25) is 4.57 Å². The van der Waals surface area contributed by atoms with Crippen molar-refractivity contribution in [3.8, 4) is 23.1 Å². The van der Waals surface area contributed by atoms with Crippen LogP contribution < -0.4 is 4.74 Å². The molecule has 10 nitrogen and oxygen atoms in total. The molecular formula is C24H24F2N6O4S. The number of methoxy groups -OCH3 is 2. The van der Waals surface area contributed by atoms with Crippen LogP contribution in [-0.2, 0) is 20.3 Å². The van der Waals surface area contributed by atoms with Crippen LogP contribution in [0.2, 0.25) is 0 Å². The molecule has 0 fully saturated rings. The van der Waals surface area contributed by atoms with Crippen molar-refractivity contribution < 1.29 is 26.7 Å². The highest BCUT2D eigenvalue weighted by molar-refractivity contribution is 7.91. The first-order valence-corrected chi connectivity index (χ1v) is 12.8. The average molecular weight is 531 g/mol. The molecule has 0 radical (unpaired) electrons. The molecule has 13 heteroatoms. The molecule has 2 atom stereocenters. The predicted molar refractivity (Wildman–Crippen MR) is 130 cm³/mol. The summed E-state index contributed by atoms with van der Waals surface area (Å²) in [6, 6.07) is 8.05. The normalized spacial score (nSPS) is 13.4. The van der Waals surface area contributed by atoms with E-state index < -0.39 is 38.6 Å². The highest BCUT2D eigenvalue weighted by Crippen LogP contribution is 2.28. The van der Waals surface area contributed by atoms with E-state index in [-0.39, 0.29) is 34.7 Å². The number of aromatic nitrogens is 6. The van der Waals surface area contributed by atoms with E-state index in [1.165, 1.54) is 31.8 Å². The van der Waals surface area contributed by atoms with Crippen molar-refractivity contribution in [3.63, 3.8) is 0 Å². The Balaban J connectivity index is 1.78. The second-order valence-corrected chi connectivity index (χ2v) is 10.6. The number of rotatable bonds is 9. The lowest BCUT2D eigenvalue weighted by molar-refractivity contribution is 0.0947. The van der Waals surface area contributed by atoms with E-state index in [2.05, 4.69) is 25.1 Å². The van der Waals surface area contributed by atoms with Crippen LogP contribution in [-0.4, -0.2) is 57.6 Å². The van der Waals surface area contributed by atoms with Gasteiger partial charge in [-0.15, -0.1) is 10.2 Å². The number of pyridine rings is 1. The molecule has 1 aromatic carbocycles. The van der Waals surface area contributed by atoms with E-state index in [1.807, 2.05) is 6.92 Å². The maximum absolute atomic E-state index is 14.2. The average Bonchev–Trinajstić information content (AvgIpc) is 3.30. The highest BCUT2D eigenvalue weighted by Gasteiger charge is 2.34. The topological polar surface area (TPSA) is 122 Å². The molecule has 4 rings (SSSR count). The predicted octanol–water partition coefficient (Wildman–Crippen LogP) is 3.41. The fourth-order valence-corrected chi connectivity index (χ4v) is 5.10. The van der Waals surface area contributed by atoms with E-state index in [1.54, 1.807) is 30.6 Å². The number of ether oxygens (including phenoxy) is 2. The Hall–Kier alpha value is -3.84. The van der Waals surface area contributed by atoms with Gasteiger partial charge in [0.05, 0.1) is 18.0 Å². The third-order valence-electron chi connectivity index (χ3n) is 5.69. The first-order chi connectivity index (χ1) is 17.6. The minimum atomic E-state index is -3.95. The standard InChI is InChI=1S/C24H24F2N6O4S/c1-14-11-27-23(28-12-14)22(36-4)15(2)37(33,34)13-20-30-31-24(19-6-5-7-21(29-19)35-3)32(20)16-8-9-17(25)18(26)10-16/h5-12,15,22H,13H2,1-4H3/t15-,22-/m0/s1. The monoisotopic (exact) mass is 530 g/mol. The van der Waals surface area contributed by atoms with Gasteiger partial charge in [0.15, 0.2) is 38.9 Å². The first-order valence-electron chi connectivity index (χ1n) is 11.1. The van der Waals surface area contributed by atoms with Gasteiger partial charge in [-0.2, -0.15) is 0 Å². The summed E-state index contributed by atoms with van der Waals surface area (Å²) in [7, 11) is -1.14. The van der Waals surface area contributed by atoms with Gasteiger partial charge in [-0.05, 0) is 37.6 Å². The number of sulfone groups is 1. The molecular weight excluding hydrogens is 506 g/mol. The number of halogens is 2. The lowest BCUT2D eigenvalue weighted by Crippen LogP contribution is -2.30. The van der Waals surface area contributed by atoms with E-state index in [9.17, 15) is 17.2 Å². The zero-order valence-electron chi connectivity index (χ0n) is 20.5. The van der Waals surface area contributed by atoms with Crippen LogP contribution in [0.4, 0.5) is 8.78 Å². The first kappa shape index (κ1) is 26.2. The van der Waals surface area contributed by atoms with Crippen LogP contribution in [0.15, 0.2) is 48.8 Å². The van der Waals surface area contributed by atoms with Crippen LogP contribution in [0.3, 0.4) is 0 Å². The van der Waals surface area contributed by atoms with Gasteiger partial charge in [0.2, 0.25) is 5.88 Å². The van der Waals surface area contributed by atoms with E-state index in [0.29, 0.717) is 0 Å². The molecule has 0 spiro atoms. The van der Waals surface area contributed by atoms with Gasteiger partial charge in [0.1, 0.15) is 17.6 Å². The van der Waals surface area contributed by atoms with Gasteiger partial charge in [-0.25, -0.2) is 32.2 Å². The Morgan fingerprint density at radius 2 is 1.76 bits per heavy atom. The zero-order chi connectivity index (χ0) is 26.7. The Bertz CT molecular complexity index is 1510. The van der Waals surface area contributed by atoms with Gasteiger partial charge in [0.25, 0.3) is 0 Å². The van der Waals surface area contributed by atoms with Gasteiger partial charge in [0, 0.05) is 31.6 Å². The summed E-state index contributed by atoms with van der Waals surface area (Å²) in [4.78, 5) is 12.7. The number of hydrogen-bond donors (Lipinski definition) is 0. The van der Waals surface area contributed by atoms with Crippen LogP contribution in [0.1, 0.15) is 30.2 Å². The Labute approximate surface area is 212 Å². The molecule has 3 aromatic heterocycles. The summed E-state index contributed by atoms with van der Waals surface area (Å²) in [6.45, 7) is 3.29.